The Labute approximate surface area is 250 Å². The maximum Gasteiger partial charge on any atom is 0.326 e. The number of carboxylic acid groups (broad SMARTS) is 1. The normalized spacial score (nSPS) is 13.5. The van der Waals surface area contributed by atoms with Gasteiger partial charge in [-0.25, -0.2) is 9.59 Å². The standard InChI is InChI=1S/C30H41N7O6/c1-19(2)25(27(40)34-22(18-38)16-20-10-5-3-6-11-20)37-26(39)23(14-9-15-33-29(31)32)35-30(43)36-24(28(41)42)17-21-12-7-4-8-13-21/h3-8,10-13,18-19,22-25H,9,14-17H2,1-2H3,(H,34,40)(H,37,39)(H,41,42)(H4,31,32,33)(H2,35,36,43)/t22-,23+,24+,25+/m1/s1. The van der Waals surface area contributed by atoms with Crippen LogP contribution in [-0.2, 0) is 32.0 Å². The van der Waals surface area contributed by atoms with E-state index in [2.05, 4.69) is 26.3 Å². The number of amides is 4. The van der Waals surface area contributed by atoms with Crippen LogP contribution in [-0.4, -0.2) is 71.9 Å². The molecule has 13 heteroatoms. The van der Waals surface area contributed by atoms with Crippen molar-refractivity contribution in [2.24, 2.45) is 22.4 Å². The first-order chi connectivity index (χ1) is 20.5. The van der Waals surface area contributed by atoms with Crippen LogP contribution < -0.4 is 32.7 Å². The third-order valence-electron chi connectivity index (χ3n) is 6.49. The smallest absolute Gasteiger partial charge is 0.326 e. The zero-order valence-corrected chi connectivity index (χ0v) is 24.4. The lowest BCUT2D eigenvalue weighted by Crippen LogP contribution is -2.58. The molecule has 0 aliphatic rings. The zero-order chi connectivity index (χ0) is 31.8. The molecule has 0 aliphatic heterocycles. The van der Waals surface area contributed by atoms with Gasteiger partial charge in [0.15, 0.2) is 5.96 Å². The summed E-state index contributed by atoms with van der Waals surface area (Å²) < 4.78 is 0. The number of guanidine groups is 1. The third-order valence-corrected chi connectivity index (χ3v) is 6.49. The molecule has 0 radical (unpaired) electrons. The number of rotatable bonds is 17. The van der Waals surface area contributed by atoms with Crippen LogP contribution in [0.3, 0.4) is 0 Å². The Kier molecular flexibility index (Phi) is 14.2. The molecule has 4 atom stereocenters. The van der Waals surface area contributed by atoms with Gasteiger partial charge in [-0.05, 0) is 36.3 Å². The molecule has 43 heavy (non-hydrogen) atoms. The predicted octanol–water partition coefficient (Wildman–Crippen LogP) is 0.471. The fourth-order valence-corrected chi connectivity index (χ4v) is 4.24. The molecule has 9 N–H and O–H groups in total. The number of carboxylic acids is 1. The van der Waals surface area contributed by atoms with E-state index in [9.17, 15) is 29.1 Å². The molecule has 232 valence electrons. The average Bonchev–Trinajstić information content (AvgIpc) is 2.97. The van der Waals surface area contributed by atoms with E-state index in [1.807, 2.05) is 30.3 Å². The first kappa shape index (κ1) is 34.3. The number of aliphatic carboxylic acids is 1. The molecule has 0 saturated carbocycles. The van der Waals surface area contributed by atoms with Gasteiger partial charge in [-0.3, -0.25) is 14.6 Å². The number of carbonyl (C=O) groups excluding carboxylic acids is 4. The Balaban J connectivity index is 2.13. The highest BCUT2D eigenvalue weighted by atomic mass is 16.4. The van der Waals surface area contributed by atoms with E-state index < -0.39 is 48.0 Å². The van der Waals surface area contributed by atoms with Crippen LogP contribution >= 0.6 is 0 Å². The second-order valence-electron chi connectivity index (χ2n) is 10.4. The lowest BCUT2D eigenvalue weighted by atomic mass is 10.0. The summed E-state index contributed by atoms with van der Waals surface area (Å²) in [6, 6.07) is 12.8. The van der Waals surface area contributed by atoms with E-state index in [1.54, 1.807) is 44.2 Å². The van der Waals surface area contributed by atoms with Gasteiger partial charge in [0.2, 0.25) is 11.8 Å². The number of carbonyl (C=O) groups is 5. The molecule has 2 aromatic carbocycles. The van der Waals surface area contributed by atoms with Crippen molar-refractivity contribution in [1.82, 2.24) is 21.3 Å². The number of hydrogen-bond acceptors (Lipinski definition) is 6. The minimum absolute atomic E-state index is 0.0292. The topological polar surface area (TPSA) is 218 Å². The van der Waals surface area contributed by atoms with E-state index >= 15 is 0 Å². The summed E-state index contributed by atoms with van der Waals surface area (Å²) in [5.41, 5.74) is 12.3. The fraction of sp³-hybridized carbons (Fsp3) is 0.400. The molecule has 0 unspecified atom stereocenters. The van der Waals surface area contributed by atoms with Crippen LogP contribution in [0, 0.1) is 5.92 Å². The minimum atomic E-state index is -1.26. The second kappa shape index (κ2) is 17.8. The number of benzene rings is 2. The van der Waals surface area contributed by atoms with Gasteiger partial charge in [0.25, 0.3) is 0 Å². The maximum absolute atomic E-state index is 13.4. The molecule has 13 nitrogen and oxygen atoms in total. The van der Waals surface area contributed by atoms with Crippen LogP contribution in [0.15, 0.2) is 65.7 Å². The van der Waals surface area contributed by atoms with Gasteiger partial charge in [-0.15, -0.1) is 0 Å². The number of aliphatic imine (C=N–C) groups is 1. The molecule has 4 amide bonds. The van der Waals surface area contributed by atoms with Gasteiger partial charge in [-0.1, -0.05) is 74.5 Å². The van der Waals surface area contributed by atoms with Crippen molar-refractivity contribution in [3.8, 4) is 0 Å². The number of nitrogens with two attached hydrogens (primary N) is 2. The lowest BCUT2D eigenvalue weighted by molar-refractivity contribution is -0.139. The van der Waals surface area contributed by atoms with Crippen LogP contribution in [0.4, 0.5) is 4.79 Å². The summed E-state index contributed by atoms with van der Waals surface area (Å²) in [5, 5.41) is 19.9. The van der Waals surface area contributed by atoms with Gasteiger partial charge in [0.05, 0.1) is 6.04 Å². The summed E-state index contributed by atoms with van der Waals surface area (Å²) in [5.74, 6) is -2.98. The summed E-state index contributed by atoms with van der Waals surface area (Å²) in [6.07, 6.45) is 1.32. The third kappa shape index (κ3) is 12.6. The quantitative estimate of drug-likeness (QED) is 0.0588. The summed E-state index contributed by atoms with van der Waals surface area (Å²) in [4.78, 5) is 66.8. The van der Waals surface area contributed by atoms with E-state index in [4.69, 9.17) is 11.5 Å². The average molecular weight is 596 g/mol. The molecule has 0 saturated heterocycles. The van der Waals surface area contributed by atoms with E-state index in [0.717, 1.165) is 5.56 Å². The highest BCUT2D eigenvalue weighted by molar-refractivity contribution is 5.93. The van der Waals surface area contributed by atoms with Gasteiger partial charge in [-0.2, -0.15) is 0 Å². The monoisotopic (exact) mass is 595 g/mol. The zero-order valence-electron chi connectivity index (χ0n) is 24.4. The molecule has 2 aromatic rings. The Morgan fingerprint density at radius 1 is 0.814 bits per heavy atom. The number of hydrogen-bond donors (Lipinski definition) is 7. The van der Waals surface area contributed by atoms with E-state index in [0.29, 0.717) is 18.3 Å². The van der Waals surface area contributed by atoms with E-state index in [-0.39, 0.29) is 37.7 Å². The SMILES string of the molecule is CC(C)[C@H](NC(=O)[C@H](CCCN=C(N)N)NC(=O)N[C@@H](Cc1ccccc1)C(=O)O)C(=O)N[C@@H](C=O)Cc1ccccc1. The molecule has 2 rings (SSSR count). The molecule has 0 bridgehead atoms. The summed E-state index contributed by atoms with van der Waals surface area (Å²) in [6.45, 7) is 3.63. The van der Waals surface area contributed by atoms with Crippen molar-refractivity contribution < 1.29 is 29.1 Å². The van der Waals surface area contributed by atoms with Crippen molar-refractivity contribution in [2.75, 3.05) is 6.54 Å². The molecule has 0 spiro atoms. The van der Waals surface area contributed by atoms with Crippen molar-refractivity contribution in [2.45, 2.75) is 63.7 Å². The highest BCUT2D eigenvalue weighted by Gasteiger charge is 2.30. The number of aldehydes is 1. The number of urea groups is 1. The Morgan fingerprint density at radius 3 is 1.88 bits per heavy atom. The largest absolute Gasteiger partial charge is 0.480 e. The number of nitrogens with zero attached hydrogens (tertiary/aromatic N) is 1. The van der Waals surface area contributed by atoms with Crippen LogP contribution in [0.25, 0.3) is 0 Å². The van der Waals surface area contributed by atoms with Crippen LogP contribution in [0.1, 0.15) is 37.8 Å². The molecular weight excluding hydrogens is 554 g/mol. The lowest BCUT2D eigenvalue weighted by Gasteiger charge is -2.27. The second-order valence-corrected chi connectivity index (χ2v) is 10.4. The van der Waals surface area contributed by atoms with Crippen molar-refractivity contribution in [3.05, 3.63) is 71.8 Å². The van der Waals surface area contributed by atoms with Gasteiger partial charge >= 0.3 is 12.0 Å². The van der Waals surface area contributed by atoms with Gasteiger partial charge in [0, 0.05) is 13.0 Å². The molecule has 0 heterocycles. The van der Waals surface area contributed by atoms with E-state index in [1.165, 1.54) is 0 Å². The first-order valence-corrected chi connectivity index (χ1v) is 14.0. The van der Waals surface area contributed by atoms with Crippen LogP contribution in [0.5, 0.6) is 0 Å². The number of nitrogens with one attached hydrogen (secondary N) is 4. The van der Waals surface area contributed by atoms with Crippen molar-refractivity contribution >= 4 is 36.1 Å². The molecule has 0 aliphatic carbocycles. The Morgan fingerprint density at radius 2 is 1.37 bits per heavy atom. The van der Waals surface area contributed by atoms with Crippen molar-refractivity contribution in [1.29, 1.82) is 0 Å². The fourth-order valence-electron chi connectivity index (χ4n) is 4.24. The van der Waals surface area contributed by atoms with Gasteiger partial charge in [0.1, 0.15) is 24.4 Å². The van der Waals surface area contributed by atoms with Crippen molar-refractivity contribution in [3.63, 3.8) is 0 Å². The first-order valence-electron chi connectivity index (χ1n) is 14.0. The predicted molar refractivity (Wildman–Crippen MR) is 162 cm³/mol. The molecule has 0 aromatic heterocycles. The Bertz CT molecular complexity index is 1240. The van der Waals surface area contributed by atoms with Gasteiger partial charge < -0.3 is 42.6 Å². The molecule has 0 fully saturated rings. The highest BCUT2D eigenvalue weighted by Crippen LogP contribution is 2.08. The minimum Gasteiger partial charge on any atom is -0.480 e. The maximum atomic E-state index is 13.4. The van der Waals surface area contributed by atoms with Crippen LogP contribution in [0.2, 0.25) is 0 Å². The molecular formula is C30H41N7O6. The Hall–Kier alpha value is -4.94. The summed E-state index contributed by atoms with van der Waals surface area (Å²) >= 11 is 0. The summed E-state index contributed by atoms with van der Waals surface area (Å²) in [7, 11) is 0.